The average molecular weight is 287 g/mol. The molecule has 21 heavy (non-hydrogen) atoms. The average Bonchev–Trinajstić information content (AvgIpc) is 2.66. The Hall–Kier alpha value is -1.90. The highest BCUT2D eigenvalue weighted by atomic mass is 16.4. The normalized spacial score (nSPS) is 17.1. The minimum absolute atomic E-state index is 0.129. The van der Waals surface area contributed by atoms with Crippen LogP contribution in [0.3, 0.4) is 0 Å². The van der Waals surface area contributed by atoms with Gasteiger partial charge in [0.15, 0.2) is 0 Å². The standard InChI is InChI=1S/C16H21N3O2/c1-13-9-14(10-17)3-4-15(13)11-18-5-2-6-19(8-7-18)12-16(20)21/h3-4,9H,2,5-8,11-12H2,1H3,(H,20,21). The molecule has 0 spiro atoms. The number of aliphatic carboxylic acids is 1. The molecule has 1 aliphatic heterocycles. The molecule has 112 valence electrons. The molecular weight excluding hydrogens is 266 g/mol. The van der Waals surface area contributed by atoms with Crippen molar-refractivity contribution in [2.75, 3.05) is 32.7 Å². The van der Waals surface area contributed by atoms with E-state index in [9.17, 15) is 4.79 Å². The van der Waals surface area contributed by atoms with Gasteiger partial charge in [-0.15, -0.1) is 0 Å². The van der Waals surface area contributed by atoms with Gasteiger partial charge in [0.1, 0.15) is 0 Å². The molecule has 1 aromatic carbocycles. The van der Waals surface area contributed by atoms with Gasteiger partial charge in [0.05, 0.1) is 18.2 Å². The van der Waals surface area contributed by atoms with Gasteiger partial charge >= 0.3 is 5.97 Å². The van der Waals surface area contributed by atoms with E-state index >= 15 is 0 Å². The van der Waals surface area contributed by atoms with Crippen LogP contribution in [-0.4, -0.2) is 53.6 Å². The Morgan fingerprint density at radius 3 is 2.67 bits per heavy atom. The third-order valence-corrected chi connectivity index (χ3v) is 3.91. The molecule has 0 bridgehead atoms. The van der Waals surface area contributed by atoms with Crippen LogP contribution in [0.4, 0.5) is 0 Å². The van der Waals surface area contributed by atoms with E-state index in [4.69, 9.17) is 10.4 Å². The fraction of sp³-hybridized carbons (Fsp3) is 0.500. The SMILES string of the molecule is Cc1cc(C#N)ccc1CN1CCCN(CC(=O)O)CC1. The fourth-order valence-corrected chi connectivity index (χ4v) is 2.72. The summed E-state index contributed by atoms with van der Waals surface area (Å²) in [5, 5.41) is 17.8. The summed E-state index contributed by atoms with van der Waals surface area (Å²) in [4.78, 5) is 15.1. The maximum atomic E-state index is 10.8. The van der Waals surface area contributed by atoms with Gasteiger partial charge in [0, 0.05) is 26.2 Å². The highest BCUT2D eigenvalue weighted by molar-refractivity contribution is 5.69. The second-order valence-corrected chi connectivity index (χ2v) is 5.55. The predicted octanol–water partition coefficient (Wildman–Crippen LogP) is 1.46. The summed E-state index contributed by atoms with van der Waals surface area (Å²) >= 11 is 0. The number of carboxylic acid groups (broad SMARTS) is 1. The van der Waals surface area contributed by atoms with Crippen molar-refractivity contribution in [3.8, 4) is 6.07 Å². The van der Waals surface area contributed by atoms with Crippen LogP contribution in [0.25, 0.3) is 0 Å². The molecule has 1 aliphatic rings. The topological polar surface area (TPSA) is 67.6 Å². The highest BCUT2D eigenvalue weighted by Crippen LogP contribution is 2.14. The van der Waals surface area contributed by atoms with Crippen molar-refractivity contribution in [3.63, 3.8) is 0 Å². The second kappa shape index (κ2) is 7.21. The zero-order chi connectivity index (χ0) is 15.2. The maximum absolute atomic E-state index is 10.8. The molecule has 1 N–H and O–H groups in total. The van der Waals surface area contributed by atoms with E-state index in [1.807, 2.05) is 30.0 Å². The van der Waals surface area contributed by atoms with E-state index in [0.29, 0.717) is 5.56 Å². The van der Waals surface area contributed by atoms with Crippen LogP contribution in [0.15, 0.2) is 18.2 Å². The number of rotatable bonds is 4. The monoisotopic (exact) mass is 287 g/mol. The first-order chi connectivity index (χ1) is 10.1. The van der Waals surface area contributed by atoms with Crippen molar-refractivity contribution >= 4 is 5.97 Å². The molecule has 0 saturated carbocycles. The van der Waals surface area contributed by atoms with Crippen molar-refractivity contribution in [1.82, 2.24) is 9.80 Å². The minimum atomic E-state index is -0.758. The molecule has 0 amide bonds. The summed E-state index contributed by atoms with van der Waals surface area (Å²) in [7, 11) is 0. The quantitative estimate of drug-likeness (QED) is 0.908. The number of hydrogen-bond donors (Lipinski definition) is 1. The van der Waals surface area contributed by atoms with Crippen LogP contribution in [0.5, 0.6) is 0 Å². The van der Waals surface area contributed by atoms with E-state index in [0.717, 1.165) is 44.7 Å². The summed E-state index contributed by atoms with van der Waals surface area (Å²) in [6, 6.07) is 7.96. The van der Waals surface area contributed by atoms with Gasteiger partial charge in [-0.25, -0.2) is 0 Å². The molecule has 1 heterocycles. The van der Waals surface area contributed by atoms with Crippen molar-refractivity contribution in [2.45, 2.75) is 19.9 Å². The number of hydrogen-bond acceptors (Lipinski definition) is 4. The first-order valence-electron chi connectivity index (χ1n) is 7.24. The van der Waals surface area contributed by atoms with Gasteiger partial charge in [-0.2, -0.15) is 5.26 Å². The van der Waals surface area contributed by atoms with Crippen LogP contribution in [0, 0.1) is 18.3 Å². The minimum Gasteiger partial charge on any atom is -0.480 e. The Kier molecular flexibility index (Phi) is 5.32. The zero-order valence-corrected chi connectivity index (χ0v) is 12.4. The molecule has 1 fully saturated rings. The van der Waals surface area contributed by atoms with E-state index in [1.54, 1.807) is 0 Å². The first-order valence-corrected chi connectivity index (χ1v) is 7.24. The first kappa shape index (κ1) is 15.5. The van der Waals surface area contributed by atoms with Gasteiger partial charge in [-0.05, 0) is 43.1 Å². The van der Waals surface area contributed by atoms with E-state index in [-0.39, 0.29) is 6.54 Å². The second-order valence-electron chi connectivity index (χ2n) is 5.55. The summed E-state index contributed by atoms with van der Waals surface area (Å²) in [6.07, 6.45) is 0.989. The van der Waals surface area contributed by atoms with Gasteiger partial charge in [-0.3, -0.25) is 14.6 Å². The Bertz CT molecular complexity index is 551. The molecule has 5 heteroatoms. The smallest absolute Gasteiger partial charge is 0.317 e. The summed E-state index contributed by atoms with van der Waals surface area (Å²) in [5.41, 5.74) is 3.07. The van der Waals surface area contributed by atoms with Gasteiger partial charge in [-0.1, -0.05) is 6.07 Å². The Labute approximate surface area is 125 Å². The van der Waals surface area contributed by atoms with Crippen molar-refractivity contribution in [2.24, 2.45) is 0 Å². The lowest BCUT2D eigenvalue weighted by molar-refractivity contribution is -0.138. The lowest BCUT2D eigenvalue weighted by Gasteiger charge is -2.21. The molecular formula is C16H21N3O2. The summed E-state index contributed by atoms with van der Waals surface area (Å²) < 4.78 is 0. The van der Waals surface area contributed by atoms with E-state index < -0.39 is 5.97 Å². The third kappa shape index (κ3) is 4.55. The molecule has 0 aliphatic carbocycles. The van der Waals surface area contributed by atoms with E-state index in [1.165, 1.54) is 5.56 Å². The molecule has 0 unspecified atom stereocenters. The molecule has 0 atom stereocenters. The molecule has 1 saturated heterocycles. The van der Waals surface area contributed by atoms with Crippen LogP contribution in [-0.2, 0) is 11.3 Å². The number of nitrogens with zero attached hydrogens (tertiary/aromatic N) is 3. The number of benzene rings is 1. The molecule has 5 nitrogen and oxygen atoms in total. The predicted molar refractivity (Wildman–Crippen MR) is 79.9 cm³/mol. The fourth-order valence-electron chi connectivity index (χ4n) is 2.72. The third-order valence-electron chi connectivity index (χ3n) is 3.91. The molecule has 0 radical (unpaired) electrons. The van der Waals surface area contributed by atoms with Crippen molar-refractivity contribution in [3.05, 3.63) is 34.9 Å². The van der Waals surface area contributed by atoms with Crippen molar-refractivity contribution in [1.29, 1.82) is 5.26 Å². The number of carbonyl (C=O) groups is 1. The zero-order valence-electron chi connectivity index (χ0n) is 12.4. The number of carboxylic acids is 1. The van der Waals surface area contributed by atoms with Crippen LogP contribution < -0.4 is 0 Å². The maximum Gasteiger partial charge on any atom is 0.317 e. The van der Waals surface area contributed by atoms with E-state index in [2.05, 4.69) is 11.0 Å². The summed E-state index contributed by atoms with van der Waals surface area (Å²) in [5.74, 6) is -0.758. The summed E-state index contributed by atoms with van der Waals surface area (Å²) in [6.45, 7) is 6.52. The number of aryl methyl sites for hydroxylation is 1. The lowest BCUT2D eigenvalue weighted by Crippen LogP contribution is -2.34. The number of nitriles is 1. The van der Waals surface area contributed by atoms with Crippen LogP contribution in [0.1, 0.15) is 23.1 Å². The Morgan fingerprint density at radius 2 is 2.00 bits per heavy atom. The molecule has 0 aromatic heterocycles. The Morgan fingerprint density at radius 1 is 1.29 bits per heavy atom. The van der Waals surface area contributed by atoms with Gasteiger partial charge in [0.2, 0.25) is 0 Å². The largest absolute Gasteiger partial charge is 0.480 e. The van der Waals surface area contributed by atoms with Crippen LogP contribution in [0.2, 0.25) is 0 Å². The van der Waals surface area contributed by atoms with Crippen LogP contribution >= 0.6 is 0 Å². The molecule has 2 rings (SSSR count). The highest BCUT2D eigenvalue weighted by Gasteiger charge is 2.17. The molecule has 1 aromatic rings. The Balaban J connectivity index is 1.94. The van der Waals surface area contributed by atoms with Gasteiger partial charge in [0.25, 0.3) is 0 Å². The van der Waals surface area contributed by atoms with Crippen molar-refractivity contribution < 1.29 is 9.90 Å². The van der Waals surface area contributed by atoms with Gasteiger partial charge < -0.3 is 5.11 Å². The lowest BCUT2D eigenvalue weighted by atomic mass is 10.1.